The first kappa shape index (κ1) is 18.6. The molecule has 0 radical (unpaired) electrons. The molecule has 5 heteroatoms. The number of methoxy groups -OCH3 is 1. The number of halogens is 1. The highest BCUT2D eigenvalue weighted by Gasteiger charge is 2.22. The number of hydrogen-bond donors (Lipinski definition) is 2. The van der Waals surface area contributed by atoms with E-state index in [2.05, 4.69) is 5.32 Å². The van der Waals surface area contributed by atoms with Crippen molar-refractivity contribution < 1.29 is 14.6 Å². The molecule has 24 heavy (non-hydrogen) atoms. The first-order valence-electron chi connectivity index (χ1n) is 7.80. The van der Waals surface area contributed by atoms with Crippen molar-refractivity contribution in [3.8, 4) is 11.5 Å². The summed E-state index contributed by atoms with van der Waals surface area (Å²) in [5, 5.41) is 13.8. The van der Waals surface area contributed by atoms with Crippen LogP contribution in [0.2, 0.25) is 5.02 Å². The van der Waals surface area contributed by atoms with E-state index < -0.39 is 6.23 Å². The summed E-state index contributed by atoms with van der Waals surface area (Å²) in [6.45, 7) is 6.33. The Morgan fingerprint density at radius 2 is 1.79 bits per heavy atom. The third-order valence-corrected chi connectivity index (χ3v) is 3.79. The van der Waals surface area contributed by atoms with Crippen LogP contribution in [0.25, 0.3) is 0 Å². The fourth-order valence-electron chi connectivity index (χ4n) is 2.29. The van der Waals surface area contributed by atoms with Crippen LogP contribution in [0.1, 0.15) is 38.1 Å². The quantitative estimate of drug-likeness (QED) is 0.763. The lowest BCUT2D eigenvalue weighted by Gasteiger charge is -2.26. The summed E-state index contributed by atoms with van der Waals surface area (Å²) in [6, 6.07) is 13.4. The highest BCUT2D eigenvalue weighted by Crippen LogP contribution is 2.40. The van der Waals surface area contributed by atoms with Crippen molar-refractivity contribution in [3.63, 3.8) is 0 Å². The second kappa shape index (κ2) is 7.88. The Hall–Kier alpha value is -1.75. The number of rotatable bonds is 6. The number of ether oxygens (including phenoxy) is 2. The van der Waals surface area contributed by atoms with Crippen LogP contribution in [0.15, 0.2) is 42.5 Å². The largest absolute Gasteiger partial charge is 0.491 e. The molecule has 2 rings (SSSR count). The molecule has 0 aliphatic heterocycles. The molecule has 0 saturated carbocycles. The molecular weight excluding hydrogens is 326 g/mol. The summed E-state index contributed by atoms with van der Waals surface area (Å²) in [4.78, 5) is 0. The van der Waals surface area contributed by atoms with Crippen LogP contribution in [-0.4, -0.2) is 17.8 Å². The smallest absolute Gasteiger partial charge is 0.179 e. The van der Waals surface area contributed by atoms with E-state index in [1.807, 2.05) is 51.1 Å². The molecule has 0 aromatic heterocycles. The van der Waals surface area contributed by atoms with Gasteiger partial charge in [-0.05, 0) is 38.5 Å². The van der Waals surface area contributed by atoms with Crippen LogP contribution in [0.4, 0.5) is 0 Å². The summed E-state index contributed by atoms with van der Waals surface area (Å²) < 4.78 is 11.2. The van der Waals surface area contributed by atoms with Crippen molar-refractivity contribution in [1.29, 1.82) is 0 Å². The average Bonchev–Trinajstić information content (AvgIpc) is 2.52. The van der Waals surface area contributed by atoms with Gasteiger partial charge in [0, 0.05) is 11.1 Å². The minimum absolute atomic E-state index is 0.252. The van der Waals surface area contributed by atoms with Crippen molar-refractivity contribution in [2.75, 3.05) is 7.11 Å². The molecule has 0 aliphatic rings. The van der Waals surface area contributed by atoms with Crippen LogP contribution >= 0.6 is 11.6 Å². The SMILES string of the molecule is COc1c(OCc2ccccc2)ccc(C(O)NC(C)(C)C)c1Cl. The number of aliphatic hydroxyl groups excluding tert-OH is 1. The van der Waals surface area contributed by atoms with Gasteiger partial charge in [-0.2, -0.15) is 0 Å². The van der Waals surface area contributed by atoms with Crippen molar-refractivity contribution in [2.24, 2.45) is 0 Å². The predicted octanol–water partition coefficient (Wildman–Crippen LogP) is 4.31. The van der Waals surface area contributed by atoms with E-state index in [0.717, 1.165) is 5.56 Å². The second-order valence-corrected chi connectivity index (χ2v) is 6.95. The maximum absolute atomic E-state index is 10.4. The van der Waals surface area contributed by atoms with Gasteiger partial charge in [-0.15, -0.1) is 0 Å². The van der Waals surface area contributed by atoms with Gasteiger partial charge in [0.15, 0.2) is 11.5 Å². The zero-order valence-corrected chi connectivity index (χ0v) is 15.2. The Morgan fingerprint density at radius 3 is 2.38 bits per heavy atom. The van der Waals surface area contributed by atoms with Crippen molar-refractivity contribution >= 4 is 11.6 Å². The molecule has 2 aromatic carbocycles. The molecule has 0 amide bonds. The average molecular weight is 350 g/mol. The standard InChI is InChI=1S/C19H24ClNO3/c1-19(2,3)21-18(22)14-10-11-15(17(23-4)16(14)20)24-12-13-8-6-5-7-9-13/h5-11,18,21-22H,12H2,1-4H3. The van der Waals surface area contributed by atoms with E-state index in [-0.39, 0.29) is 5.54 Å². The lowest BCUT2D eigenvalue weighted by atomic mass is 10.1. The van der Waals surface area contributed by atoms with Crippen LogP contribution in [-0.2, 0) is 6.61 Å². The van der Waals surface area contributed by atoms with Gasteiger partial charge >= 0.3 is 0 Å². The Kier molecular flexibility index (Phi) is 6.10. The van der Waals surface area contributed by atoms with Crippen molar-refractivity contribution in [1.82, 2.24) is 5.32 Å². The first-order valence-corrected chi connectivity index (χ1v) is 8.18. The fraction of sp³-hybridized carbons (Fsp3) is 0.368. The number of nitrogens with one attached hydrogen (secondary N) is 1. The molecule has 0 spiro atoms. The lowest BCUT2D eigenvalue weighted by molar-refractivity contribution is 0.106. The summed E-state index contributed by atoms with van der Waals surface area (Å²) in [7, 11) is 1.53. The number of hydrogen-bond acceptors (Lipinski definition) is 4. The molecule has 0 heterocycles. The van der Waals surface area contributed by atoms with Crippen molar-refractivity contribution in [2.45, 2.75) is 39.1 Å². The van der Waals surface area contributed by atoms with E-state index in [1.165, 1.54) is 7.11 Å². The van der Waals surface area contributed by atoms with Gasteiger partial charge < -0.3 is 14.6 Å². The molecule has 1 atom stereocenters. The van der Waals surface area contributed by atoms with Crippen molar-refractivity contribution in [3.05, 3.63) is 58.6 Å². The molecule has 4 nitrogen and oxygen atoms in total. The number of aliphatic hydroxyl groups is 1. The van der Waals surface area contributed by atoms with Gasteiger partial charge in [0.1, 0.15) is 12.8 Å². The monoisotopic (exact) mass is 349 g/mol. The molecular formula is C19H24ClNO3. The van der Waals surface area contributed by atoms with E-state index in [1.54, 1.807) is 12.1 Å². The zero-order valence-electron chi connectivity index (χ0n) is 14.5. The Bertz CT molecular complexity index is 668. The Balaban J connectivity index is 2.21. The highest BCUT2D eigenvalue weighted by atomic mass is 35.5. The van der Waals surface area contributed by atoms with Crippen LogP contribution in [0, 0.1) is 0 Å². The molecule has 0 saturated heterocycles. The lowest BCUT2D eigenvalue weighted by Crippen LogP contribution is -2.38. The summed E-state index contributed by atoms with van der Waals surface area (Å²) in [5.74, 6) is 0.956. The van der Waals surface area contributed by atoms with Crippen LogP contribution in [0.5, 0.6) is 11.5 Å². The zero-order chi connectivity index (χ0) is 17.7. The van der Waals surface area contributed by atoms with Gasteiger partial charge in [-0.1, -0.05) is 41.9 Å². The van der Waals surface area contributed by atoms with Gasteiger partial charge in [-0.3, -0.25) is 5.32 Å². The summed E-state index contributed by atoms with van der Waals surface area (Å²) in [6.07, 6.45) is -0.894. The molecule has 0 fully saturated rings. The molecule has 1 unspecified atom stereocenters. The van der Waals surface area contributed by atoms with Gasteiger partial charge in [0.25, 0.3) is 0 Å². The van der Waals surface area contributed by atoms with Gasteiger partial charge in [0.05, 0.1) is 12.1 Å². The minimum atomic E-state index is -0.894. The first-order chi connectivity index (χ1) is 11.3. The third kappa shape index (κ3) is 4.87. The fourth-order valence-corrected chi connectivity index (χ4v) is 2.63. The molecule has 2 aromatic rings. The molecule has 130 valence electrons. The van der Waals surface area contributed by atoms with Gasteiger partial charge in [-0.25, -0.2) is 0 Å². The Morgan fingerprint density at radius 1 is 1.12 bits per heavy atom. The minimum Gasteiger partial charge on any atom is -0.491 e. The number of benzene rings is 2. The predicted molar refractivity (Wildman–Crippen MR) is 96.6 cm³/mol. The molecule has 0 aliphatic carbocycles. The van der Waals surface area contributed by atoms with Crippen LogP contribution in [0.3, 0.4) is 0 Å². The van der Waals surface area contributed by atoms with E-state index in [0.29, 0.717) is 28.7 Å². The molecule has 2 N–H and O–H groups in total. The second-order valence-electron chi connectivity index (χ2n) is 6.57. The highest BCUT2D eigenvalue weighted by molar-refractivity contribution is 6.33. The summed E-state index contributed by atoms with van der Waals surface area (Å²) in [5.41, 5.74) is 1.35. The molecule has 0 bridgehead atoms. The maximum Gasteiger partial charge on any atom is 0.179 e. The van der Waals surface area contributed by atoms with E-state index in [4.69, 9.17) is 21.1 Å². The van der Waals surface area contributed by atoms with Gasteiger partial charge in [0.2, 0.25) is 0 Å². The third-order valence-electron chi connectivity index (χ3n) is 3.40. The van der Waals surface area contributed by atoms with E-state index in [9.17, 15) is 5.11 Å². The Labute approximate surface area is 148 Å². The summed E-state index contributed by atoms with van der Waals surface area (Å²) >= 11 is 6.41. The maximum atomic E-state index is 10.4. The van der Waals surface area contributed by atoms with E-state index >= 15 is 0 Å². The van der Waals surface area contributed by atoms with Crippen LogP contribution < -0.4 is 14.8 Å². The normalized spacial score (nSPS) is 12.8. The topological polar surface area (TPSA) is 50.7 Å².